The first-order chi connectivity index (χ1) is 9.25. The molecule has 0 aromatic heterocycles. The Kier molecular flexibility index (Phi) is 3.13. The summed E-state index contributed by atoms with van der Waals surface area (Å²) in [6.45, 7) is 0. The normalized spacial score (nSPS) is 10.9. The van der Waals surface area contributed by atoms with Gasteiger partial charge in [-0.05, 0) is 27.6 Å². The van der Waals surface area contributed by atoms with Crippen molar-refractivity contribution in [2.75, 3.05) is 5.75 Å². The average molecular weight is 268 g/mol. The maximum atomic E-state index is 10.8. The first-order valence-corrected chi connectivity index (χ1v) is 6.99. The fourth-order valence-corrected chi connectivity index (χ4v) is 3.10. The lowest BCUT2D eigenvalue weighted by Gasteiger charge is -2.09. The number of rotatable bonds is 3. The fourth-order valence-electron chi connectivity index (χ4n) is 2.28. The van der Waals surface area contributed by atoms with Crippen molar-refractivity contribution in [1.29, 1.82) is 0 Å². The fraction of sp³-hybridized carbons (Fsp3) is 0.0625. The van der Waals surface area contributed by atoms with Crippen LogP contribution in [0.5, 0.6) is 0 Å². The van der Waals surface area contributed by atoms with Gasteiger partial charge in [0.25, 0.3) is 0 Å². The van der Waals surface area contributed by atoms with Crippen molar-refractivity contribution in [3.05, 3.63) is 54.6 Å². The third-order valence-corrected chi connectivity index (χ3v) is 4.12. The van der Waals surface area contributed by atoms with Gasteiger partial charge in [-0.1, -0.05) is 48.5 Å². The second kappa shape index (κ2) is 4.94. The van der Waals surface area contributed by atoms with Crippen LogP contribution in [-0.2, 0) is 4.79 Å². The third kappa shape index (κ3) is 2.29. The Morgan fingerprint density at radius 3 is 2.32 bits per heavy atom. The Morgan fingerprint density at radius 2 is 1.58 bits per heavy atom. The summed E-state index contributed by atoms with van der Waals surface area (Å²) in [6.07, 6.45) is 0. The maximum absolute atomic E-state index is 10.8. The average Bonchev–Trinajstić information content (AvgIpc) is 2.44. The molecule has 0 spiro atoms. The molecule has 0 heterocycles. The number of carbonyl (C=O) groups is 1. The van der Waals surface area contributed by atoms with Gasteiger partial charge in [-0.25, -0.2) is 0 Å². The highest BCUT2D eigenvalue weighted by molar-refractivity contribution is 8.00. The van der Waals surface area contributed by atoms with E-state index in [0.29, 0.717) is 0 Å². The summed E-state index contributed by atoms with van der Waals surface area (Å²) < 4.78 is 0. The molecule has 94 valence electrons. The van der Waals surface area contributed by atoms with Gasteiger partial charge in [0, 0.05) is 4.90 Å². The molecular weight excluding hydrogens is 256 g/mol. The molecule has 0 aliphatic heterocycles. The molecule has 0 saturated heterocycles. The minimum atomic E-state index is -0.790. The maximum Gasteiger partial charge on any atom is 0.313 e. The van der Waals surface area contributed by atoms with Gasteiger partial charge in [-0.2, -0.15) is 0 Å². The van der Waals surface area contributed by atoms with Crippen molar-refractivity contribution in [2.24, 2.45) is 0 Å². The SMILES string of the molecule is O=C(O)CSc1cc2ccccc2c2ccccc12. The Labute approximate surface area is 115 Å². The van der Waals surface area contributed by atoms with E-state index in [1.165, 1.54) is 22.5 Å². The molecule has 0 aliphatic carbocycles. The zero-order valence-electron chi connectivity index (χ0n) is 10.2. The highest BCUT2D eigenvalue weighted by atomic mass is 32.2. The van der Waals surface area contributed by atoms with Crippen LogP contribution in [0.3, 0.4) is 0 Å². The third-order valence-electron chi connectivity index (χ3n) is 3.08. The molecule has 0 bridgehead atoms. The molecule has 0 radical (unpaired) electrons. The van der Waals surface area contributed by atoms with E-state index in [4.69, 9.17) is 5.11 Å². The van der Waals surface area contributed by atoms with Crippen LogP contribution in [0, 0.1) is 0 Å². The van der Waals surface area contributed by atoms with Gasteiger partial charge in [0.15, 0.2) is 0 Å². The molecule has 2 nitrogen and oxygen atoms in total. The number of benzene rings is 3. The number of hydrogen-bond acceptors (Lipinski definition) is 2. The number of aliphatic carboxylic acids is 1. The molecule has 1 N–H and O–H groups in total. The van der Waals surface area contributed by atoms with E-state index in [0.717, 1.165) is 15.7 Å². The molecule has 3 heteroatoms. The van der Waals surface area contributed by atoms with E-state index in [9.17, 15) is 4.79 Å². The molecule has 0 atom stereocenters. The van der Waals surface area contributed by atoms with E-state index in [1.807, 2.05) is 30.3 Å². The summed E-state index contributed by atoms with van der Waals surface area (Å²) in [5.74, 6) is -0.704. The van der Waals surface area contributed by atoms with Crippen molar-refractivity contribution in [3.8, 4) is 0 Å². The highest BCUT2D eigenvalue weighted by Gasteiger charge is 2.07. The summed E-state index contributed by atoms with van der Waals surface area (Å²) in [7, 11) is 0. The highest BCUT2D eigenvalue weighted by Crippen LogP contribution is 2.34. The van der Waals surface area contributed by atoms with Crippen molar-refractivity contribution in [3.63, 3.8) is 0 Å². The summed E-state index contributed by atoms with van der Waals surface area (Å²) >= 11 is 1.37. The molecule has 3 rings (SSSR count). The zero-order valence-corrected chi connectivity index (χ0v) is 11.0. The van der Waals surface area contributed by atoms with E-state index < -0.39 is 5.97 Å². The van der Waals surface area contributed by atoms with Crippen LogP contribution in [0.2, 0.25) is 0 Å². The molecule has 0 unspecified atom stereocenters. The van der Waals surface area contributed by atoms with Crippen LogP contribution in [0.15, 0.2) is 59.5 Å². The number of thioether (sulfide) groups is 1. The summed E-state index contributed by atoms with van der Waals surface area (Å²) in [4.78, 5) is 11.8. The van der Waals surface area contributed by atoms with Gasteiger partial charge in [0.1, 0.15) is 0 Å². The second-order valence-corrected chi connectivity index (χ2v) is 5.34. The van der Waals surface area contributed by atoms with E-state index in [2.05, 4.69) is 24.3 Å². The largest absolute Gasteiger partial charge is 0.481 e. The lowest BCUT2D eigenvalue weighted by Crippen LogP contribution is -1.97. The Morgan fingerprint density at radius 1 is 0.947 bits per heavy atom. The van der Waals surface area contributed by atoms with Crippen molar-refractivity contribution < 1.29 is 9.90 Å². The van der Waals surface area contributed by atoms with Crippen LogP contribution < -0.4 is 0 Å². The van der Waals surface area contributed by atoms with Gasteiger partial charge in [-0.15, -0.1) is 11.8 Å². The Balaban J connectivity index is 2.26. The molecule has 3 aromatic carbocycles. The molecule has 0 amide bonds. The van der Waals surface area contributed by atoms with Gasteiger partial charge >= 0.3 is 5.97 Å². The quantitative estimate of drug-likeness (QED) is 0.572. The predicted octanol–water partition coefficient (Wildman–Crippen LogP) is 4.17. The van der Waals surface area contributed by atoms with E-state index >= 15 is 0 Å². The first kappa shape index (κ1) is 12.1. The molecule has 19 heavy (non-hydrogen) atoms. The summed E-state index contributed by atoms with van der Waals surface area (Å²) in [5, 5.41) is 13.5. The summed E-state index contributed by atoms with van der Waals surface area (Å²) in [5.41, 5.74) is 0. The molecule has 0 saturated carbocycles. The van der Waals surface area contributed by atoms with Crippen molar-refractivity contribution in [2.45, 2.75) is 4.90 Å². The van der Waals surface area contributed by atoms with Crippen molar-refractivity contribution >= 4 is 39.3 Å². The van der Waals surface area contributed by atoms with Crippen molar-refractivity contribution in [1.82, 2.24) is 0 Å². The minimum absolute atomic E-state index is 0.0856. The standard InChI is InChI=1S/C16H12O2S/c17-16(18)10-19-15-9-11-5-1-2-6-12(11)13-7-3-4-8-14(13)15/h1-9H,10H2,(H,17,18). The topological polar surface area (TPSA) is 37.3 Å². The number of hydrogen-bond donors (Lipinski definition) is 1. The number of fused-ring (bicyclic) bond motifs is 3. The zero-order chi connectivity index (χ0) is 13.2. The van der Waals surface area contributed by atoms with E-state index in [1.54, 1.807) is 0 Å². The van der Waals surface area contributed by atoms with Gasteiger partial charge in [-0.3, -0.25) is 4.79 Å². The molecular formula is C16H12O2S. The monoisotopic (exact) mass is 268 g/mol. The van der Waals surface area contributed by atoms with Crippen LogP contribution >= 0.6 is 11.8 Å². The van der Waals surface area contributed by atoms with Crippen LogP contribution in [-0.4, -0.2) is 16.8 Å². The van der Waals surface area contributed by atoms with Crippen LogP contribution in [0.4, 0.5) is 0 Å². The lowest BCUT2D eigenvalue weighted by atomic mass is 10.0. The van der Waals surface area contributed by atoms with Gasteiger partial charge in [0.05, 0.1) is 5.75 Å². The van der Waals surface area contributed by atoms with Crippen LogP contribution in [0.25, 0.3) is 21.5 Å². The van der Waals surface area contributed by atoms with Gasteiger partial charge in [0.2, 0.25) is 0 Å². The molecule has 0 fully saturated rings. The number of carboxylic acids is 1. The number of carboxylic acid groups (broad SMARTS) is 1. The Hall–Kier alpha value is -2.00. The summed E-state index contributed by atoms with van der Waals surface area (Å²) in [6, 6.07) is 18.4. The van der Waals surface area contributed by atoms with Crippen LogP contribution in [0.1, 0.15) is 0 Å². The second-order valence-electron chi connectivity index (χ2n) is 4.32. The first-order valence-electron chi connectivity index (χ1n) is 6.01. The lowest BCUT2D eigenvalue weighted by molar-refractivity contribution is -0.133. The van der Waals surface area contributed by atoms with E-state index in [-0.39, 0.29) is 5.75 Å². The smallest absolute Gasteiger partial charge is 0.313 e. The molecule has 3 aromatic rings. The predicted molar refractivity (Wildman–Crippen MR) is 79.8 cm³/mol. The Bertz CT molecular complexity index is 765. The molecule has 0 aliphatic rings. The minimum Gasteiger partial charge on any atom is -0.481 e. The van der Waals surface area contributed by atoms with Gasteiger partial charge < -0.3 is 5.11 Å².